The third-order valence-electron chi connectivity index (χ3n) is 7.16. The molecule has 5 rings (SSSR count). The number of alkyl halides is 3. The van der Waals surface area contributed by atoms with Gasteiger partial charge in [0.1, 0.15) is 23.0 Å². The van der Waals surface area contributed by atoms with Crippen LogP contribution in [0, 0.1) is 6.92 Å². The van der Waals surface area contributed by atoms with Crippen LogP contribution in [-0.4, -0.2) is 49.7 Å². The van der Waals surface area contributed by atoms with Gasteiger partial charge in [-0.3, -0.25) is 0 Å². The third-order valence-corrected chi connectivity index (χ3v) is 7.16. The maximum absolute atomic E-state index is 13.8. The van der Waals surface area contributed by atoms with Gasteiger partial charge in [0.15, 0.2) is 5.82 Å². The van der Waals surface area contributed by atoms with Crippen LogP contribution in [0.2, 0.25) is 0 Å². The molecule has 11 heteroatoms. The van der Waals surface area contributed by atoms with E-state index in [1.807, 2.05) is 34.5 Å². The lowest BCUT2D eigenvalue weighted by atomic mass is 9.80. The minimum absolute atomic E-state index is 0.175. The summed E-state index contributed by atoms with van der Waals surface area (Å²) in [5, 5.41) is 4.69. The van der Waals surface area contributed by atoms with Crippen molar-refractivity contribution in [3.8, 4) is 28.8 Å². The van der Waals surface area contributed by atoms with Crippen LogP contribution in [0.15, 0.2) is 42.9 Å². The van der Waals surface area contributed by atoms with Gasteiger partial charge in [0.05, 0.1) is 31.7 Å². The molecule has 200 valence electrons. The first kappa shape index (κ1) is 25.7. The second kappa shape index (κ2) is 9.45. The van der Waals surface area contributed by atoms with Crippen molar-refractivity contribution in [3.05, 3.63) is 65.5 Å². The van der Waals surface area contributed by atoms with Gasteiger partial charge < -0.3 is 14.0 Å². The predicted octanol–water partition coefficient (Wildman–Crippen LogP) is 5.62. The van der Waals surface area contributed by atoms with Crippen molar-refractivity contribution in [2.45, 2.75) is 57.7 Å². The van der Waals surface area contributed by atoms with Crippen molar-refractivity contribution in [2.24, 2.45) is 0 Å². The fourth-order valence-electron chi connectivity index (χ4n) is 4.77. The predicted molar refractivity (Wildman–Crippen MR) is 135 cm³/mol. The Balaban J connectivity index is 1.55. The van der Waals surface area contributed by atoms with E-state index >= 15 is 0 Å². The maximum atomic E-state index is 13.8. The van der Waals surface area contributed by atoms with Gasteiger partial charge >= 0.3 is 6.18 Å². The molecule has 4 aromatic rings. The average molecular weight is 527 g/mol. The summed E-state index contributed by atoms with van der Waals surface area (Å²) < 4.78 is 56.2. The van der Waals surface area contributed by atoms with E-state index in [-0.39, 0.29) is 11.5 Å². The van der Waals surface area contributed by atoms with Gasteiger partial charge in [0, 0.05) is 24.2 Å². The smallest absolute Gasteiger partial charge is 0.397 e. The molecular weight excluding hydrogens is 497 g/mol. The molecule has 1 aromatic carbocycles. The zero-order valence-corrected chi connectivity index (χ0v) is 21.9. The minimum Gasteiger partial charge on any atom is -0.496 e. The number of imidazole rings is 1. The van der Waals surface area contributed by atoms with Crippen LogP contribution in [0.25, 0.3) is 17.2 Å². The number of aromatic nitrogens is 6. The molecule has 0 saturated heterocycles. The number of pyridine rings is 1. The highest BCUT2D eigenvalue weighted by molar-refractivity contribution is 5.56. The normalized spacial score (nSPS) is 15.8. The quantitative estimate of drug-likeness (QED) is 0.325. The van der Waals surface area contributed by atoms with Gasteiger partial charge in [0.25, 0.3) is 0 Å². The van der Waals surface area contributed by atoms with Crippen LogP contribution in [-0.2, 0) is 12.0 Å². The molecule has 8 nitrogen and oxygen atoms in total. The topological polar surface area (TPSA) is 79.9 Å². The van der Waals surface area contributed by atoms with Crippen LogP contribution in [0.4, 0.5) is 13.2 Å². The first-order valence-electron chi connectivity index (χ1n) is 12.3. The average Bonchev–Trinajstić information content (AvgIpc) is 3.53. The maximum Gasteiger partial charge on any atom is 0.397 e. The summed E-state index contributed by atoms with van der Waals surface area (Å²) in [4.78, 5) is 13.7. The molecule has 0 unspecified atom stereocenters. The van der Waals surface area contributed by atoms with E-state index in [4.69, 9.17) is 19.6 Å². The van der Waals surface area contributed by atoms with E-state index in [0.717, 1.165) is 17.8 Å². The van der Waals surface area contributed by atoms with Crippen LogP contribution in [0.5, 0.6) is 11.6 Å². The van der Waals surface area contributed by atoms with E-state index in [1.54, 1.807) is 25.6 Å². The molecule has 4 heterocycles. The van der Waals surface area contributed by atoms with Crippen molar-refractivity contribution in [1.29, 1.82) is 0 Å². The van der Waals surface area contributed by atoms with Crippen molar-refractivity contribution in [2.75, 3.05) is 14.2 Å². The van der Waals surface area contributed by atoms with Gasteiger partial charge in [-0.15, -0.1) is 5.10 Å². The van der Waals surface area contributed by atoms with Crippen LogP contribution < -0.4 is 9.47 Å². The number of hydrogen-bond acceptors (Lipinski definition) is 6. The van der Waals surface area contributed by atoms with Gasteiger partial charge in [-0.05, 0) is 57.4 Å². The first-order valence-corrected chi connectivity index (χ1v) is 12.3. The monoisotopic (exact) mass is 526 g/mol. The Morgan fingerprint density at radius 1 is 1.03 bits per heavy atom. The van der Waals surface area contributed by atoms with Crippen LogP contribution in [0.3, 0.4) is 0 Å². The Hall–Kier alpha value is -3.89. The van der Waals surface area contributed by atoms with Gasteiger partial charge in [0.2, 0.25) is 5.88 Å². The summed E-state index contributed by atoms with van der Waals surface area (Å²) in [5.74, 6) is 1.73. The van der Waals surface area contributed by atoms with Crippen LogP contribution >= 0.6 is 0 Å². The summed E-state index contributed by atoms with van der Waals surface area (Å²) in [5.41, 5.74) is 0.948. The second-order valence-electron chi connectivity index (χ2n) is 9.94. The van der Waals surface area contributed by atoms with Crippen molar-refractivity contribution >= 4 is 0 Å². The van der Waals surface area contributed by atoms with Gasteiger partial charge in [-0.25, -0.2) is 19.6 Å². The zero-order valence-electron chi connectivity index (χ0n) is 21.9. The number of hydrogen-bond donors (Lipinski definition) is 0. The molecule has 0 spiro atoms. The van der Waals surface area contributed by atoms with Crippen LogP contribution in [0.1, 0.15) is 55.3 Å². The van der Waals surface area contributed by atoms with Crippen molar-refractivity contribution in [3.63, 3.8) is 0 Å². The summed E-state index contributed by atoms with van der Waals surface area (Å²) >= 11 is 0. The molecule has 0 fully saturated rings. The molecule has 3 aromatic heterocycles. The molecule has 1 aliphatic heterocycles. The Labute approximate surface area is 218 Å². The SMILES string of the molecule is COc1ccc(C(C)(C)C(F)(F)F)cc1[C@H]1CCCn2nc(-c3ccc(-n4cnc(C)c4)c(OC)n3)nc21. The summed E-state index contributed by atoms with van der Waals surface area (Å²) in [7, 11) is 3.06. The zero-order chi connectivity index (χ0) is 27.2. The van der Waals surface area contributed by atoms with Gasteiger partial charge in [-0.2, -0.15) is 13.2 Å². The van der Waals surface area contributed by atoms with E-state index in [0.29, 0.717) is 47.5 Å². The van der Waals surface area contributed by atoms with E-state index < -0.39 is 11.6 Å². The highest BCUT2D eigenvalue weighted by Gasteiger charge is 2.48. The minimum atomic E-state index is -4.40. The Bertz CT molecular complexity index is 1470. The largest absolute Gasteiger partial charge is 0.496 e. The number of benzene rings is 1. The first-order chi connectivity index (χ1) is 18.0. The molecule has 0 aliphatic carbocycles. The molecule has 1 aliphatic rings. The number of methoxy groups -OCH3 is 2. The molecular formula is C27H29F3N6O2. The van der Waals surface area contributed by atoms with Gasteiger partial charge in [-0.1, -0.05) is 12.1 Å². The number of ether oxygens (including phenoxy) is 2. The van der Waals surface area contributed by atoms with E-state index in [9.17, 15) is 13.2 Å². The van der Waals surface area contributed by atoms with Crippen molar-refractivity contribution < 1.29 is 22.6 Å². The summed E-state index contributed by atoms with van der Waals surface area (Å²) in [6.45, 7) is 4.93. The molecule has 38 heavy (non-hydrogen) atoms. The summed E-state index contributed by atoms with van der Waals surface area (Å²) in [6, 6.07) is 8.37. The third kappa shape index (κ3) is 4.39. The highest BCUT2D eigenvalue weighted by atomic mass is 19.4. The van der Waals surface area contributed by atoms with E-state index in [2.05, 4.69) is 9.97 Å². The lowest BCUT2D eigenvalue weighted by molar-refractivity contribution is -0.180. The molecule has 0 amide bonds. The Kier molecular flexibility index (Phi) is 6.40. The summed E-state index contributed by atoms with van der Waals surface area (Å²) in [6.07, 6.45) is 0.671. The van der Waals surface area contributed by atoms with Crippen molar-refractivity contribution in [1.82, 2.24) is 29.3 Å². The second-order valence-corrected chi connectivity index (χ2v) is 9.94. The Morgan fingerprint density at radius 3 is 2.47 bits per heavy atom. The Morgan fingerprint density at radius 2 is 1.82 bits per heavy atom. The molecule has 0 saturated carbocycles. The molecule has 0 bridgehead atoms. The fourth-order valence-corrected chi connectivity index (χ4v) is 4.77. The number of fused-ring (bicyclic) bond motifs is 1. The number of rotatable bonds is 6. The van der Waals surface area contributed by atoms with E-state index in [1.165, 1.54) is 27.0 Å². The fraction of sp³-hybridized carbons (Fsp3) is 0.407. The molecule has 1 atom stereocenters. The number of aryl methyl sites for hydroxylation is 2. The number of nitrogens with zero attached hydrogens (tertiary/aromatic N) is 6. The molecule has 0 radical (unpaired) electrons. The number of halogens is 3. The molecule has 0 N–H and O–H groups in total. The standard InChI is InChI=1S/C27H29F3N6O2/c1-16-14-35(15-31-16)21-10-9-20(32-25(21)38-5)23-33-24-18(7-6-12-36(24)34-23)19-13-17(8-11-22(19)37-4)26(2,3)27(28,29)30/h8-11,13-15,18H,6-7,12H2,1-5H3/t18-/m1/s1. The lowest BCUT2D eigenvalue weighted by Gasteiger charge is -2.30. The highest BCUT2D eigenvalue weighted by Crippen LogP contribution is 2.44. The lowest BCUT2D eigenvalue weighted by Crippen LogP contribution is -2.36.